The molecule has 0 heterocycles. The molecule has 0 aliphatic rings. The number of thiol groups is 1. The van der Waals surface area contributed by atoms with Gasteiger partial charge in [-0.25, -0.2) is 4.39 Å². The van der Waals surface area contributed by atoms with Crippen molar-refractivity contribution in [2.45, 2.75) is 24.6 Å². The summed E-state index contributed by atoms with van der Waals surface area (Å²) in [6.45, 7) is 2.09. The van der Waals surface area contributed by atoms with Crippen molar-refractivity contribution in [1.29, 1.82) is 0 Å². The summed E-state index contributed by atoms with van der Waals surface area (Å²) in [5.74, 6) is -0.00520. The van der Waals surface area contributed by atoms with E-state index in [1.165, 1.54) is 65.2 Å². The normalized spacial score (nSPS) is 11.2. The highest BCUT2D eigenvalue weighted by atomic mass is 32.2. The first-order chi connectivity index (χ1) is 18.2. The van der Waals surface area contributed by atoms with Gasteiger partial charge in [-0.1, -0.05) is 36.4 Å². The molecule has 0 fully saturated rings. The van der Waals surface area contributed by atoms with Crippen molar-refractivity contribution in [2.75, 3.05) is 11.1 Å². The lowest BCUT2D eigenvalue weighted by Gasteiger charge is -2.17. The van der Waals surface area contributed by atoms with Crippen LogP contribution in [0.15, 0.2) is 95.9 Å². The van der Waals surface area contributed by atoms with Crippen LogP contribution in [0, 0.1) is 5.82 Å². The fourth-order valence-electron chi connectivity index (χ4n) is 3.76. The lowest BCUT2D eigenvalue weighted by Crippen LogP contribution is -2.17. The van der Waals surface area contributed by atoms with E-state index in [0.29, 0.717) is 5.69 Å². The number of benzene rings is 4. The minimum Gasteiger partial charge on any atom is -0.457 e. The number of hydrogen-bond acceptors (Lipinski definition) is 3. The van der Waals surface area contributed by atoms with E-state index < -0.39 is 17.9 Å². The molecule has 1 N–H and O–H groups in total. The van der Waals surface area contributed by atoms with Crippen molar-refractivity contribution in [3.8, 4) is 28.4 Å². The van der Waals surface area contributed by atoms with Crippen molar-refractivity contribution in [3.05, 3.63) is 102 Å². The SMILES string of the molecule is CC[SH+]c1ccc(CC(=O)Nc2ccc(-c3ccccc3OC(F)(F)F)c(Oc3cccc(F)c3)c2)cc1. The zero-order valence-electron chi connectivity index (χ0n) is 20.3. The second-order valence-corrected chi connectivity index (χ2v) is 9.65. The van der Waals surface area contributed by atoms with Gasteiger partial charge in [0, 0.05) is 40.7 Å². The number of anilines is 1. The van der Waals surface area contributed by atoms with Crippen molar-refractivity contribution in [1.82, 2.24) is 0 Å². The summed E-state index contributed by atoms with van der Waals surface area (Å²) in [6.07, 6.45) is -4.77. The van der Waals surface area contributed by atoms with E-state index in [1.807, 2.05) is 24.3 Å². The molecule has 0 spiro atoms. The number of hydrogen-bond donors (Lipinski definition) is 1. The average Bonchev–Trinajstić information content (AvgIpc) is 2.85. The van der Waals surface area contributed by atoms with E-state index in [1.54, 1.807) is 12.1 Å². The zero-order chi connectivity index (χ0) is 27.1. The fraction of sp³-hybridized carbons (Fsp3) is 0.138. The number of alkyl halides is 3. The fourth-order valence-corrected chi connectivity index (χ4v) is 4.48. The second-order valence-electron chi connectivity index (χ2n) is 8.18. The van der Waals surface area contributed by atoms with Crippen LogP contribution in [0.1, 0.15) is 12.5 Å². The lowest BCUT2D eigenvalue weighted by atomic mass is 10.0. The van der Waals surface area contributed by atoms with Crippen LogP contribution in [0.4, 0.5) is 23.2 Å². The number of ether oxygens (including phenoxy) is 2. The highest BCUT2D eigenvalue weighted by Gasteiger charge is 2.32. The Balaban J connectivity index is 1.63. The number of halogens is 4. The van der Waals surface area contributed by atoms with E-state index in [9.17, 15) is 22.4 Å². The number of carbonyl (C=O) groups is 1. The summed E-state index contributed by atoms with van der Waals surface area (Å²) in [5.41, 5.74) is 1.57. The van der Waals surface area contributed by atoms with Crippen molar-refractivity contribution < 1.29 is 31.8 Å². The molecule has 0 atom stereocenters. The quantitative estimate of drug-likeness (QED) is 0.135. The molecule has 0 unspecified atom stereocenters. The first-order valence-electron chi connectivity index (χ1n) is 11.7. The maximum Gasteiger partial charge on any atom is 0.573 e. The van der Waals surface area contributed by atoms with Gasteiger partial charge in [0.05, 0.1) is 6.42 Å². The minimum atomic E-state index is -4.90. The van der Waals surface area contributed by atoms with Crippen LogP contribution in [-0.2, 0) is 23.0 Å². The topological polar surface area (TPSA) is 47.6 Å². The molecule has 4 rings (SSSR count). The van der Waals surface area contributed by atoms with Gasteiger partial charge in [0.15, 0.2) is 4.90 Å². The second kappa shape index (κ2) is 12.0. The molecule has 196 valence electrons. The Hall–Kier alpha value is -3.98. The molecule has 0 bridgehead atoms. The average molecular weight is 543 g/mol. The molecule has 0 radical (unpaired) electrons. The largest absolute Gasteiger partial charge is 0.573 e. The summed E-state index contributed by atoms with van der Waals surface area (Å²) in [7, 11) is 0. The van der Waals surface area contributed by atoms with E-state index in [0.717, 1.165) is 17.4 Å². The Bertz CT molecular complexity index is 1410. The van der Waals surface area contributed by atoms with Gasteiger partial charge in [0.2, 0.25) is 5.91 Å². The maximum atomic E-state index is 13.8. The molecule has 1 amide bonds. The molecule has 0 aliphatic carbocycles. The zero-order valence-corrected chi connectivity index (χ0v) is 21.2. The van der Waals surface area contributed by atoms with E-state index in [2.05, 4.69) is 17.0 Å². The summed E-state index contributed by atoms with van der Waals surface area (Å²) in [6, 6.07) is 23.3. The summed E-state index contributed by atoms with van der Waals surface area (Å²) in [4.78, 5) is 13.9. The van der Waals surface area contributed by atoms with Crippen LogP contribution >= 0.6 is 0 Å². The van der Waals surface area contributed by atoms with Gasteiger partial charge in [-0.3, -0.25) is 4.79 Å². The highest BCUT2D eigenvalue weighted by Crippen LogP contribution is 2.41. The van der Waals surface area contributed by atoms with E-state index in [4.69, 9.17) is 4.74 Å². The molecular formula is C29H24F4NO3S+. The highest BCUT2D eigenvalue weighted by molar-refractivity contribution is 7.78. The van der Waals surface area contributed by atoms with Crippen LogP contribution in [0.5, 0.6) is 17.2 Å². The minimum absolute atomic E-state index is 0.106. The lowest BCUT2D eigenvalue weighted by molar-refractivity contribution is -0.274. The molecule has 38 heavy (non-hydrogen) atoms. The van der Waals surface area contributed by atoms with Crippen LogP contribution in [0.25, 0.3) is 11.1 Å². The number of rotatable bonds is 9. The molecule has 0 aliphatic heterocycles. The summed E-state index contributed by atoms with van der Waals surface area (Å²) in [5, 5.41) is 2.79. The van der Waals surface area contributed by atoms with E-state index >= 15 is 0 Å². The van der Waals surface area contributed by atoms with Gasteiger partial charge in [-0.2, -0.15) is 0 Å². The predicted molar refractivity (Wildman–Crippen MR) is 141 cm³/mol. The number of amides is 1. The molecule has 0 aromatic heterocycles. The molecule has 0 saturated heterocycles. The van der Waals surface area contributed by atoms with Crippen LogP contribution in [0.2, 0.25) is 0 Å². The predicted octanol–water partition coefficient (Wildman–Crippen LogP) is 7.56. The van der Waals surface area contributed by atoms with Gasteiger partial charge >= 0.3 is 6.36 Å². The van der Waals surface area contributed by atoms with Gasteiger partial charge < -0.3 is 14.8 Å². The third-order valence-electron chi connectivity index (χ3n) is 5.33. The molecule has 4 nitrogen and oxygen atoms in total. The third-order valence-corrected chi connectivity index (χ3v) is 6.31. The third kappa shape index (κ3) is 7.52. The summed E-state index contributed by atoms with van der Waals surface area (Å²) < 4.78 is 63.0. The van der Waals surface area contributed by atoms with Crippen molar-refractivity contribution in [3.63, 3.8) is 0 Å². The number of para-hydroxylation sites is 1. The monoisotopic (exact) mass is 542 g/mol. The van der Waals surface area contributed by atoms with Gasteiger partial charge in [-0.05, 0) is 55.0 Å². The number of nitrogens with one attached hydrogen (secondary N) is 1. The molecule has 9 heteroatoms. The van der Waals surface area contributed by atoms with Gasteiger partial charge in [-0.15, -0.1) is 13.2 Å². The van der Waals surface area contributed by atoms with Crippen LogP contribution < -0.4 is 14.8 Å². The molecular weight excluding hydrogens is 518 g/mol. The van der Waals surface area contributed by atoms with Gasteiger partial charge in [0.25, 0.3) is 0 Å². The Morgan fingerprint density at radius 3 is 2.32 bits per heavy atom. The van der Waals surface area contributed by atoms with E-state index in [-0.39, 0.29) is 35.0 Å². The van der Waals surface area contributed by atoms with Crippen LogP contribution in [-0.4, -0.2) is 18.0 Å². The standard InChI is InChI=1S/C29H23F4NO3S/c1-2-38-23-13-10-19(11-14-23)16-28(35)34-21-12-15-25(24-8-3-4-9-26(24)37-29(31,32)33)27(18-21)36-22-7-5-6-20(30)17-22/h3-15,17-18H,2,16H2,1H3,(H,34,35)/p+1. The number of carbonyl (C=O) groups excluding carboxylic acids is 1. The Kier molecular flexibility index (Phi) is 8.58. The Morgan fingerprint density at radius 1 is 0.868 bits per heavy atom. The van der Waals surface area contributed by atoms with Crippen molar-refractivity contribution in [2.24, 2.45) is 0 Å². The van der Waals surface area contributed by atoms with Gasteiger partial charge in [0.1, 0.15) is 28.8 Å². The molecule has 4 aromatic rings. The Morgan fingerprint density at radius 2 is 1.61 bits per heavy atom. The Labute approximate surface area is 221 Å². The maximum absolute atomic E-state index is 13.8. The molecule has 0 saturated carbocycles. The summed E-state index contributed by atoms with van der Waals surface area (Å²) >= 11 is 1.21. The van der Waals surface area contributed by atoms with Crippen molar-refractivity contribution >= 4 is 23.4 Å². The first kappa shape index (κ1) is 27.1. The first-order valence-corrected chi connectivity index (χ1v) is 12.8. The molecule has 4 aromatic carbocycles. The van der Waals surface area contributed by atoms with Crippen LogP contribution in [0.3, 0.4) is 0 Å². The smallest absolute Gasteiger partial charge is 0.457 e.